The predicted molar refractivity (Wildman–Crippen MR) is 169 cm³/mol. The number of aliphatic imine (C=N–C) groups is 1. The number of benzene rings is 3. The number of hydrogen-bond acceptors (Lipinski definition) is 4. The minimum Gasteiger partial charge on any atom is -0.479 e. The van der Waals surface area contributed by atoms with Crippen molar-refractivity contribution < 1.29 is 9.90 Å². The third-order valence-electron chi connectivity index (χ3n) is 9.27. The normalized spacial score (nSPS) is 25.2. The maximum atomic E-state index is 13.2. The highest BCUT2D eigenvalue weighted by Crippen LogP contribution is 2.46. The molecule has 5 rings (SSSR count). The van der Waals surface area contributed by atoms with E-state index in [-0.39, 0.29) is 23.5 Å². The van der Waals surface area contributed by atoms with E-state index >= 15 is 0 Å². The first-order valence-electron chi connectivity index (χ1n) is 14.5. The van der Waals surface area contributed by atoms with Crippen molar-refractivity contribution in [2.75, 3.05) is 5.32 Å². The molecule has 3 atom stereocenters. The van der Waals surface area contributed by atoms with E-state index in [1.165, 1.54) is 0 Å². The van der Waals surface area contributed by atoms with Crippen LogP contribution in [0.3, 0.4) is 0 Å². The van der Waals surface area contributed by atoms with E-state index in [4.69, 9.17) is 28.2 Å². The van der Waals surface area contributed by atoms with Crippen LogP contribution in [0.5, 0.6) is 0 Å². The first-order valence-corrected chi connectivity index (χ1v) is 15.2. The minimum atomic E-state index is -1.27. The Morgan fingerprint density at radius 1 is 0.976 bits per heavy atom. The first kappa shape index (κ1) is 29.5. The minimum absolute atomic E-state index is 0.00266. The highest BCUT2D eigenvalue weighted by Gasteiger charge is 2.56. The molecule has 1 heterocycles. The molecule has 41 heavy (non-hydrogen) atoms. The van der Waals surface area contributed by atoms with Crippen LogP contribution in [-0.2, 0) is 11.2 Å². The lowest BCUT2D eigenvalue weighted by Gasteiger charge is -2.47. The Hall–Kier alpha value is -3.02. The van der Waals surface area contributed by atoms with E-state index in [2.05, 4.69) is 43.1 Å². The number of carboxylic acids is 1. The van der Waals surface area contributed by atoms with Gasteiger partial charge in [-0.2, -0.15) is 0 Å². The van der Waals surface area contributed by atoms with Gasteiger partial charge in [0.15, 0.2) is 5.54 Å². The molecule has 0 amide bonds. The molecular weight excluding hydrogens is 553 g/mol. The summed E-state index contributed by atoms with van der Waals surface area (Å²) < 4.78 is 0. The van der Waals surface area contributed by atoms with Crippen molar-refractivity contribution in [3.8, 4) is 0 Å². The second-order valence-electron chi connectivity index (χ2n) is 12.2. The van der Waals surface area contributed by atoms with Crippen LogP contribution in [0, 0.1) is 11.8 Å². The van der Waals surface area contributed by atoms with Crippen LogP contribution in [-0.4, -0.2) is 39.4 Å². The van der Waals surface area contributed by atoms with Crippen molar-refractivity contribution >= 4 is 41.2 Å². The molecular formula is C34H39Cl2N3O2. The van der Waals surface area contributed by atoms with Gasteiger partial charge in [-0.3, -0.25) is 4.99 Å². The van der Waals surface area contributed by atoms with Crippen molar-refractivity contribution in [3.05, 3.63) is 100 Å². The van der Waals surface area contributed by atoms with Gasteiger partial charge in [-0.25, -0.2) is 4.79 Å². The lowest BCUT2D eigenvalue weighted by Crippen LogP contribution is -2.57. The maximum Gasteiger partial charge on any atom is 0.334 e. The molecule has 2 aliphatic rings. The average Bonchev–Trinajstić information content (AvgIpc) is 3.36. The number of nitrogens with one attached hydrogen (secondary N) is 1. The summed E-state index contributed by atoms with van der Waals surface area (Å²) in [7, 11) is 0. The largest absolute Gasteiger partial charge is 0.479 e. The van der Waals surface area contributed by atoms with Gasteiger partial charge < -0.3 is 15.3 Å². The second kappa shape index (κ2) is 12.1. The topological polar surface area (TPSA) is 64.9 Å². The van der Waals surface area contributed by atoms with Crippen LogP contribution >= 0.6 is 23.2 Å². The van der Waals surface area contributed by atoms with E-state index in [0.29, 0.717) is 17.4 Å². The monoisotopic (exact) mass is 591 g/mol. The molecule has 1 saturated carbocycles. The Balaban J connectivity index is 1.41. The van der Waals surface area contributed by atoms with Gasteiger partial charge in [0, 0.05) is 27.7 Å². The summed E-state index contributed by atoms with van der Waals surface area (Å²) in [6, 6.07) is 25.4. The van der Waals surface area contributed by atoms with Gasteiger partial charge in [0.1, 0.15) is 0 Å². The van der Waals surface area contributed by atoms with E-state index in [9.17, 15) is 9.90 Å². The third kappa shape index (κ3) is 6.27. The third-order valence-corrected chi connectivity index (χ3v) is 9.77. The quantitative estimate of drug-likeness (QED) is 0.261. The fraction of sp³-hybridized carbons (Fsp3) is 0.412. The molecule has 0 aromatic heterocycles. The molecule has 0 radical (unpaired) electrons. The maximum absolute atomic E-state index is 13.2. The van der Waals surface area contributed by atoms with Crippen LogP contribution in [0.4, 0.5) is 5.69 Å². The van der Waals surface area contributed by atoms with E-state index < -0.39 is 11.5 Å². The summed E-state index contributed by atoms with van der Waals surface area (Å²) in [6.45, 7) is 6.67. The van der Waals surface area contributed by atoms with Crippen molar-refractivity contribution in [2.24, 2.45) is 16.8 Å². The average molecular weight is 593 g/mol. The number of nitrogens with zero attached hydrogens (tertiary/aromatic N) is 2. The fourth-order valence-corrected chi connectivity index (χ4v) is 7.18. The van der Waals surface area contributed by atoms with Gasteiger partial charge in [-0.15, -0.1) is 0 Å². The first-order chi connectivity index (χ1) is 19.6. The molecule has 1 aliphatic heterocycles. The number of carbonyl (C=O) groups is 1. The Labute approximate surface area is 253 Å². The number of rotatable bonds is 9. The summed E-state index contributed by atoms with van der Waals surface area (Å²) >= 11 is 12.2. The molecule has 5 nitrogen and oxygen atoms in total. The molecule has 1 aliphatic carbocycles. The molecule has 1 fully saturated rings. The van der Waals surface area contributed by atoms with Gasteiger partial charge in [-0.1, -0.05) is 65.7 Å². The Kier molecular flexibility index (Phi) is 8.68. The Bertz CT molecular complexity index is 1350. The van der Waals surface area contributed by atoms with Crippen LogP contribution in [0.1, 0.15) is 63.6 Å². The standard InChI is InChI=1S/C34H39Cl2N3O2/c1-23(25-7-5-4-6-8-25)39-22-37-34(32(40)41,21-24-9-15-28(35)16-10-24)31(39)26-11-13-27(14-12-26)33(2,3)38-30-19-17-29(36)18-20-30/h4-10,15-20,22-23,26-27,31,38H,11-14,21H2,1-3H3,(H,40,41). The zero-order valence-corrected chi connectivity index (χ0v) is 25.4. The lowest BCUT2D eigenvalue weighted by molar-refractivity contribution is -0.146. The summed E-state index contributed by atoms with van der Waals surface area (Å²) in [5.74, 6) is -0.231. The molecule has 216 valence electrons. The van der Waals surface area contributed by atoms with Crippen molar-refractivity contribution in [1.29, 1.82) is 0 Å². The predicted octanol–water partition coefficient (Wildman–Crippen LogP) is 8.53. The zero-order valence-electron chi connectivity index (χ0n) is 23.9. The molecule has 3 aromatic carbocycles. The summed E-state index contributed by atoms with van der Waals surface area (Å²) in [4.78, 5) is 20.3. The van der Waals surface area contributed by atoms with Crippen LogP contribution in [0.2, 0.25) is 10.0 Å². The van der Waals surface area contributed by atoms with Crippen molar-refractivity contribution in [3.63, 3.8) is 0 Å². The molecule has 3 unspecified atom stereocenters. The van der Waals surface area contributed by atoms with Gasteiger partial charge in [0.2, 0.25) is 0 Å². The fourth-order valence-electron chi connectivity index (χ4n) is 6.93. The molecule has 2 N–H and O–H groups in total. The van der Waals surface area contributed by atoms with E-state index in [1.54, 1.807) is 0 Å². The number of aliphatic carboxylic acids is 1. The van der Waals surface area contributed by atoms with Gasteiger partial charge >= 0.3 is 5.97 Å². The van der Waals surface area contributed by atoms with Crippen molar-refractivity contribution in [2.45, 2.75) is 76.0 Å². The molecule has 0 bridgehead atoms. The number of hydrogen-bond donors (Lipinski definition) is 2. The van der Waals surface area contributed by atoms with E-state index in [1.807, 2.05) is 73.1 Å². The number of anilines is 1. The highest BCUT2D eigenvalue weighted by atomic mass is 35.5. The zero-order chi connectivity index (χ0) is 29.2. The Morgan fingerprint density at radius 3 is 2.15 bits per heavy atom. The molecule has 3 aromatic rings. The number of halogens is 2. The molecule has 0 saturated heterocycles. The molecule has 0 spiro atoms. The molecule has 7 heteroatoms. The summed E-state index contributed by atoms with van der Waals surface area (Å²) in [5, 5.41) is 15.9. The number of carboxylic acid groups (broad SMARTS) is 1. The van der Waals surface area contributed by atoms with Gasteiger partial charge in [0.25, 0.3) is 0 Å². The van der Waals surface area contributed by atoms with Crippen molar-refractivity contribution in [1.82, 2.24) is 4.90 Å². The van der Waals surface area contributed by atoms with Crippen LogP contribution < -0.4 is 5.32 Å². The van der Waals surface area contributed by atoms with Gasteiger partial charge in [0.05, 0.1) is 18.4 Å². The summed E-state index contributed by atoms with van der Waals surface area (Å²) in [6.07, 6.45) is 6.04. The SMILES string of the molecule is CC(c1ccccc1)N1C=NC(Cc2ccc(Cl)cc2)(C(=O)O)C1C1CCC(C(C)(C)Nc2ccc(Cl)cc2)CC1. The van der Waals surface area contributed by atoms with Crippen LogP contribution in [0.15, 0.2) is 83.9 Å². The van der Waals surface area contributed by atoms with Gasteiger partial charge in [-0.05, 0) is 106 Å². The highest BCUT2D eigenvalue weighted by molar-refractivity contribution is 6.30. The van der Waals surface area contributed by atoms with Crippen LogP contribution in [0.25, 0.3) is 0 Å². The smallest absolute Gasteiger partial charge is 0.334 e. The second-order valence-corrected chi connectivity index (χ2v) is 13.1. The van der Waals surface area contributed by atoms with E-state index in [0.717, 1.165) is 47.5 Å². The Morgan fingerprint density at radius 2 is 1.56 bits per heavy atom. The lowest BCUT2D eigenvalue weighted by atomic mass is 9.67. The summed E-state index contributed by atoms with van der Waals surface area (Å²) in [5.41, 5.74) is 1.75.